The summed E-state index contributed by atoms with van der Waals surface area (Å²) in [4.78, 5) is 11.3. The van der Waals surface area contributed by atoms with Crippen molar-refractivity contribution in [2.24, 2.45) is 5.73 Å². The van der Waals surface area contributed by atoms with Crippen LogP contribution in [-0.4, -0.2) is 12.6 Å². The Hall–Kier alpha value is -0.990. The Morgan fingerprint density at radius 1 is 1.38 bits per heavy atom. The average molecular weight is 185 g/mol. The summed E-state index contributed by atoms with van der Waals surface area (Å²) in [5.74, 6) is -0.284. The maximum Gasteiger partial charge on any atom is 0.335 e. The van der Waals surface area contributed by atoms with Crippen molar-refractivity contribution in [2.75, 3.05) is 6.61 Å². The van der Waals surface area contributed by atoms with Crippen LogP contribution < -0.4 is 5.73 Å². The molecule has 0 aromatic heterocycles. The highest BCUT2D eigenvalue weighted by Gasteiger charge is 2.07. The van der Waals surface area contributed by atoms with E-state index in [4.69, 9.17) is 10.5 Å². The molecule has 0 atom stereocenters. The van der Waals surface area contributed by atoms with Crippen molar-refractivity contribution in [2.45, 2.75) is 40.0 Å². The van der Waals surface area contributed by atoms with Crippen molar-refractivity contribution in [1.82, 2.24) is 0 Å². The van der Waals surface area contributed by atoms with E-state index in [2.05, 4.69) is 6.92 Å². The van der Waals surface area contributed by atoms with Crippen LogP contribution in [0.3, 0.4) is 0 Å². The molecular formula is C10H19NO2. The van der Waals surface area contributed by atoms with E-state index in [1.807, 2.05) is 6.92 Å². The molecular weight excluding hydrogens is 166 g/mol. The zero-order valence-electron chi connectivity index (χ0n) is 8.72. The van der Waals surface area contributed by atoms with Gasteiger partial charge in [0.25, 0.3) is 0 Å². The molecule has 0 unspecified atom stereocenters. The molecule has 0 spiro atoms. The molecule has 2 N–H and O–H groups in total. The third-order valence-electron chi connectivity index (χ3n) is 1.90. The summed E-state index contributed by atoms with van der Waals surface area (Å²) < 4.78 is 4.99. The summed E-state index contributed by atoms with van der Waals surface area (Å²) in [5, 5.41) is 0. The molecule has 0 fully saturated rings. The predicted molar refractivity (Wildman–Crippen MR) is 53.0 cm³/mol. The lowest BCUT2D eigenvalue weighted by molar-refractivity contribution is -0.139. The summed E-state index contributed by atoms with van der Waals surface area (Å²) in [5.41, 5.74) is 6.75. The van der Waals surface area contributed by atoms with E-state index in [0.29, 0.717) is 24.3 Å². The highest BCUT2D eigenvalue weighted by Crippen LogP contribution is 2.04. The Morgan fingerprint density at radius 2 is 2.00 bits per heavy atom. The van der Waals surface area contributed by atoms with Crippen molar-refractivity contribution >= 4 is 5.97 Å². The lowest BCUT2D eigenvalue weighted by atomic mass is 10.2. The number of allylic oxidation sites excluding steroid dienone is 1. The van der Waals surface area contributed by atoms with E-state index in [-0.39, 0.29) is 5.97 Å². The van der Waals surface area contributed by atoms with Crippen LogP contribution in [0.5, 0.6) is 0 Å². The average Bonchev–Trinajstić information content (AvgIpc) is 2.15. The number of unbranched alkanes of at least 4 members (excludes halogenated alkanes) is 1. The van der Waals surface area contributed by atoms with Gasteiger partial charge in [0.05, 0.1) is 12.2 Å². The summed E-state index contributed by atoms with van der Waals surface area (Å²) in [6, 6.07) is 0. The first-order valence-corrected chi connectivity index (χ1v) is 4.75. The van der Waals surface area contributed by atoms with Gasteiger partial charge >= 0.3 is 5.97 Å². The van der Waals surface area contributed by atoms with Crippen LogP contribution in [0.4, 0.5) is 0 Å². The van der Waals surface area contributed by atoms with E-state index in [0.717, 1.165) is 12.8 Å². The number of hydrogen-bond donors (Lipinski definition) is 1. The molecule has 0 bridgehead atoms. The van der Waals surface area contributed by atoms with Crippen molar-refractivity contribution in [3.63, 3.8) is 0 Å². The maximum absolute atomic E-state index is 11.3. The van der Waals surface area contributed by atoms with Crippen molar-refractivity contribution < 1.29 is 9.53 Å². The van der Waals surface area contributed by atoms with Gasteiger partial charge in [0.15, 0.2) is 0 Å². The first-order chi connectivity index (χ1) is 6.13. The van der Waals surface area contributed by atoms with Gasteiger partial charge in [-0.25, -0.2) is 4.79 Å². The Bertz CT molecular complexity index is 197. The minimum absolute atomic E-state index is 0.284. The minimum atomic E-state index is -0.284. The third kappa shape index (κ3) is 4.55. The number of ether oxygens (including phenoxy) is 1. The second-order valence-corrected chi connectivity index (χ2v) is 2.99. The summed E-state index contributed by atoms with van der Waals surface area (Å²) >= 11 is 0. The second kappa shape index (κ2) is 6.52. The van der Waals surface area contributed by atoms with Gasteiger partial charge in [-0.3, -0.25) is 0 Å². The van der Waals surface area contributed by atoms with Crippen LogP contribution >= 0.6 is 0 Å². The number of esters is 1. The second-order valence-electron chi connectivity index (χ2n) is 2.99. The third-order valence-corrected chi connectivity index (χ3v) is 1.90. The van der Waals surface area contributed by atoms with Crippen molar-refractivity contribution in [3.8, 4) is 0 Å². The van der Waals surface area contributed by atoms with Gasteiger partial charge in [-0.05, 0) is 19.8 Å². The molecule has 0 aliphatic rings. The molecule has 0 aromatic carbocycles. The van der Waals surface area contributed by atoms with Gasteiger partial charge in [0.2, 0.25) is 0 Å². The Balaban J connectivity index is 3.97. The van der Waals surface area contributed by atoms with Crippen LogP contribution in [0.25, 0.3) is 0 Å². The molecule has 0 aliphatic carbocycles. The monoisotopic (exact) mass is 185 g/mol. The molecule has 13 heavy (non-hydrogen) atoms. The van der Waals surface area contributed by atoms with Gasteiger partial charge in [-0.15, -0.1) is 0 Å². The number of rotatable bonds is 5. The molecule has 0 aromatic rings. The van der Waals surface area contributed by atoms with Gasteiger partial charge < -0.3 is 10.5 Å². The lowest BCUT2D eigenvalue weighted by Gasteiger charge is -2.06. The van der Waals surface area contributed by atoms with Crippen molar-refractivity contribution in [1.29, 1.82) is 0 Å². The lowest BCUT2D eigenvalue weighted by Crippen LogP contribution is -2.12. The summed E-state index contributed by atoms with van der Waals surface area (Å²) in [6.45, 7) is 6.16. The van der Waals surface area contributed by atoms with Crippen LogP contribution in [0.15, 0.2) is 11.3 Å². The number of carbonyl (C=O) groups excluding carboxylic acids is 1. The first-order valence-electron chi connectivity index (χ1n) is 4.75. The standard InChI is InChI=1S/C10H19NO2/c1-4-6-7-13-10(12)8(3)9(11)5-2/h4-7,11H2,1-3H3. The van der Waals surface area contributed by atoms with E-state index in [1.54, 1.807) is 6.92 Å². The first kappa shape index (κ1) is 12.0. The largest absolute Gasteiger partial charge is 0.462 e. The fourth-order valence-corrected chi connectivity index (χ4v) is 0.814. The van der Waals surface area contributed by atoms with E-state index < -0.39 is 0 Å². The smallest absolute Gasteiger partial charge is 0.335 e. The van der Waals surface area contributed by atoms with E-state index >= 15 is 0 Å². The number of carbonyl (C=O) groups is 1. The fourth-order valence-electron chi connectivity index (χ4n) is 0.814. The van der Waals surface area contributed by atoms with Gasteiger partial charge in [0.1, 0.15) is 0 Å². The Labute approximate surface area is 79.9 Å². The van der Waals surface area contributed by atoms with Crippen LogP contribution in [0.1, 0.15) is 40.0 Å². The Kier molecular flexibility index (Phi) is 6.02. The minimum Gasteiger partial charge on any atom is -0.462 e. The van der Waals surface area contributed by atoms with Gasteiger partial charge in [0, 0.05) is 5.70 Å². The predicted octanol–water partition coefficient (Wildman–Crippen LogP) is 1.97. The normalized spacial score (nSPS) is 12.2. The molecule has 0 saturated carbocycles. The summed E-state index contributed by atoms with van der Waals surface area (Å²) in [6.07, 6.45) is 2.62. The molecule has 0 amide bonds. The molecule has 0 aliphatic heterocycles. The number of nitrogens with two attached hydrogens (primary N) is 1. The Morgan fingerprint density at radius 3 is 2.46 bits per heavy atom. The highest BCUT2D eigenvalue weighted by atomic mass is 16.5. The molecule has 0 radical (unpaired) electrons. The topological polar surface area (TPSA) is 52.3 Å². The molecule has 76 valence electrons. The quantitative estimate of drug-likeness (QED) is 0.405. The fraction of sp³-hybridized carbons (Fsp3) is 0.700. The van der Waals surface area contributed by atoms with Crippen molar-refractivity contribution in [3.05, 3.63) is 11.3 Å². The highest BCUT2D eigenvalue weighted by molar-refractivity contribution is 5.88. The summed E-state index contributed by atoms with van der Waals surface area (Å²) in [7, 11) is 0. The van der Waals surface area contributed by atoms with Crippen LogP contribution in [0, 0.1) is 0 Å². The van der Waals surface area contributed by atoms with Crippen LogP contribution in [-0.2, 0) is 9.53 Å². The van der Waals surface area contributed by atoms with E-state index in [9.17, 15) is 4.79 Å². The van der Waals surface area contributed by atoms with Crippen LogP contribution in [0.2, 0.25) is 0 Å². The molecule has 0 heterocycles. The SMILES string of the molecule is CCCCOC(=O)C(C)=C(N)CC. The maximum atomic E-state index is 11.3. The van der Waals surface area contributed by atoms with Gasteiger partial charge in [-0.1, -0.05) is 20.3 Å². The zero-order chi connectivity index (χ0) is 10.3. The molecule has 0 saturated heterocycles. The molecule has 3 nitrogen and oxygen atoms in total. The molecule has 3 heteroatoms. The molecule has 0 rings (SSSR count). The number of hydrogen-bond acceptors (Lipinski definition) is 3. The van der Waals surface area contributed by atoms with E-state index in [1.165, 1.54) is 0 Å². The zero-order valence-corrected chi connectivity index (χ0v) is 8.72. The van der Waals surface area contributed by atoms with Gasteiger partial charge in [-0.2, -0.15) is 0 Å².